The van der Waals surface area contributed by atoms with Crippen molar-refractivity contribution in [2.75, 3.05) is 13.1 Å². The van der Waals surface area contributed by atoms with Crippen LogP contribution in [0.15, 0.2) is 46.9 Å². The number of benzene rings is 2. The zero-order chi connectivity index (χ0) is 17.4. The van der Waals surface area contributed by atoms with Gasteiger partial charge in [0.25, 0.3) is 0 Å². The molecular formula is C21H24BrN3. The Morgan fingerprint density at radius 2 is 1.68 bits per heavy atom. The average molecular weight is 398 g/mol. The van der Waals surface area contributed by atoms with Gasteiger partial charge in [0, 0.05) is 23.5 Å². The summed E-state index contributed by atoms with van der Waals surface area (Å²) in [5.41, 5.74) is 11.7. The number of guanidine groups is 1. The number of rotatable bonds is 1. The molecule has 1 atom stereocenters. The van der Waals surface area contributed by atoms with Crippen LogP contribution in [0.4, 0.5) is 0 Å². The van der Waals surface area contributed by atoms with Crippen molar-refractivity contribution >= 4 is 21.9 Å². The molecule has 3 N–H and O–H groups in total. The van der Waals surface area contributed by atoms with Gasteiger partial charge in [-0.2, -0.15) is 0 Å². The first-order chi connectivity index (χ1) is 12.1. The number of hydrogen-bond acceptors (Lipinski definition) is 1. The minimum absolute atomic E-state index is 0.211. The van der Waals surface area contributed by atoms with E-state index >= 15 is 0 Å². The van der Waals surface area contributed by atoms with E-state index in [1.165, 1.54) is 22.3 Å². The molecule has 1 heterocycles. The molecule has 1 aliphatic heterocycles. The second-order valence-electron chi connectivity index (χ2n) is 7.23. The van der Waals surface area contributed by atoms with Gasteiger partial charge in [-0.05, 0) is 66.0 Å². The van der Waals surface area contributed by atoms with Crippen LogP contribution in [0, 0.1) is 11.3 Å². The maximum absolute atomic E-state index is 7.69. The number of halogens is 1. The largest absolute Gasteiger partial charge is 0.370 e. The van der Waals surface area contributed by atoms with Gasteiger partial charge in [-0.25, -0.2) is 0 Å². The van der Waals surface area contributed by atoms with E-state index in [1.54, 1.807) is 0 Å². The Morgan fingerprint density at radius 1 is 1.00 bits per heavy atom. The predicted molar refractivity (Wildman–Crippen MR) is 106 cm³/mol. The molecule has 2 aliphatic rings. The lowest BCUT2D eigenvalue weighted by atomic mass is 9.74. The first-order valence-electron chi connectivity index (χ1n) is 9.08. The van der Waals surface area contributed by atoms with Crippen LogP contribution in [-0.4, -0.2) is 23.9 Å². The van der Waals surface area contributed by atoms with E-state index in [4.69, 9.17) is 11.1 Å². The van der Waals surface area contributed by atoms with Gasteiger partial charge >= 0.3 is 0 Å². The van der Waals surface area contributed by atoms with Gasteiger partial charge in [0.15, 0.2) is 5.96 Å². The lowest BCUT2D eigenvalue weighted by Crippen LogP contribution is -2.43. The van der Waals surface area contributed by atoms with E-state index in [1.807, 2.05) is 4.90 Å². The van der Waals surface area contributed by atoms with E-state index in [2.05, 4.69) is 58.4 Å². The molecule has 2 aromatic carbocycles. The summed E-state index contributed by atoms with van der Waals surface area (Å²) in [6, 6.07) is 15.8. The number of fused-ring (bicyclic) bond motifs is 2. The second-order valence-corrected chi connectivity index (χ2v) is 8.15. The Balaban J connectivity index is 1.75. The number of nitrogens with one attached hydrogen (secondary N) is 1. The summed E-state index contributed by atoms with van der Waals surface area (Å²) >= 11 is 3.68. The van der Waals surface area contributed by atoms with Crippen molar-refractivity contribution in [3.05, 3.63) is 69.2 Å². The number of nitrogens with two attached hydrogens (primary N) is 1. The van der Waals surface area contributed by atoms with Crippen molar-refractivity contribution in [3.8, 4) is 0 Å². The van der Waals surface area contributed by atoms with Crippen LogP contribution in [0.5, 0.6) is 0 Å². The highest BCUT2D eigenvalue weighted by Gasteiger charge is 2.33. The number of nitrogens with zero attached hydrogens (tertiary/aromatic N) is 1. The van der Waals surface area contributed by atoms with Crippen LogP contribution in [0.2, 0.25) is 0 Å². The highest BCUT2D eigenvalue weighted by atomic mass is 79.9. The molecule has 25 heavy (non-hydrogen) atoms. The molecule has 0 spiro atoms. The van der Waals surface area contributed by atoms with E-state index in [0.29, 0.717) is 11.8 Å². The summed E-state index contributed by atoms with van der Waals surface area (Å²) in [4.78, 5) is 2.00. The first-order valence-corrected chi connectivity index (χ1v) is 9.88. The number of piperidine rings is 1. The number of hydrogen-bond donors (Lipinski definition) is 2. The third-order valence-corrected chi connectivity index (χ3v) is 6.34. The first kappa shape index (κ1) is 16.6. The monoisotopic (exact) mass is 397 g/mol. The predicted octanol–water partition coefficient (Wildman–Crippen LogP) is 4.29. The molecule has 0 amide bonds. The van der Waals surface area contributed by atoms with Crippen LogP contribution in [-0.2, 0) is 12.8 Å². The minimum atomic E-state index is 0.211. The summed E-state index contributed by atoms with van der Waals surface area (Å²) < 4.78 is 1.16. The van der Waals surface area contributed by atoms with Crippen LogP contribution >= 0.6 is 15.9 Å². The summed E-state index contributed by atoms with van der Waals surface area (Å²) in [6.07, 6.45) is 4.41. The highest BCUT2D eigenvalue weighted by molar-refractivity contribution is 9.10. The second kappa shape index (κ2) is 6.83. The molecular weight excluding hydrogens is 374 g/mol. The Labute approximate surface area is 157 Å². The normalized spacial score (nSPS) is 20.5. The Kier molecular flexibility index (Phi) is 4.55. The lowest BCUT2D eigenvalue weighted by molar-refractivity contribution is 0.246. The maximum atomic E-state index is 7.69. The topological polar surface area (TPSA) is 53.1 Å². The smallest absolute Gasteiger partial charge is 0.188 e. The molecule has 3 nitrogen and oxygen atoms in total. The molecule has 0 radical (unpaired) electrons. The fourth-order valence-electron chi connectivity index (χ4n) is 4.57. The molecule has 130 valence electrons. The molecule has 0 saturated carbocycles. The fraction of sp³-hybridized carbons (Fsp3) is 0.381. The van der Waals surface area contributed by atoms with Crippen molar-refractivity contribution in [3.63, 3.8) is 0 Å². The van der Waals surface area contributed by atoms with Gasteiger partial charge in [0.1, 0.15) is 0 Å². The van der Waals surface area contributed by atoms with Gasteiger partial charge in [0.05, 0.1) is 0 Å². The van der Waals surface area contributed by atoms with Crippen LogP contribution in [0.1, 0.15) is 41.0 Å². The third kappa shape index (κ3) is 3.20. The zero-order valence-corrected chi connectivity index (χ0v) is 15.9. The molecule has 1 aliphatic carbocycles. The molecule has 1 unspecified atom stereocenters. The van der Waals surface area contributed by atoms with E-state index < -0.39 is 0 Å². The van der Waals surface area contributed by atoms with E-state index in [9.17, 15) is 0 Å². The molecule has 4 rings (SSSR count). The van der Waals surface area contributed by atoms with Gasteiger partial charge in [-0.3, -0.25) is 5.41 Å². The standard InChI is InChI=1S/C21H24BrN3/c22-17-8-7-15-6-5-14-3-1-2-4-18(14)20(19(15)13-17)16-9-11-25(12-10-16)21(23)24/h1-4,7-8,13,16,20H,5-6,9-12H2,(H3,23,24). The van der Waals surface area contributed by atoms with E-state index in [0.717, 1.165) is 43.2 Å². The van der Waals surface area contributed by atoms with Crippen molar-refractivity contribution in [1.29, 1.82) is 5.41 Å². The number of aryl methyl sites for hydroxylation is 2. The molecule has 2 aromatic rings. The number of likely N-dealkylation sites (tertiary alicyclic amines) is 1. The van der Waals surface area contributed by atoms with Crippen LogP contribution < -0.4 is 5.73 Å². The summed E-state index contributed by atoms with van der Waals surface area (Å²) in [6.45, 7) is 1.78. The minimum Gasteiger partial charge on any atom is -0.370 e. The zero-order valence-electron chi connectivity index (χ0n) is 14.3. The van der Waals surface area contributed by atoms with Crippen LogP contribution in [0.3, 0.4) is 0 Å². The quantitative estimate of drug-likeness (QED) is 0.556. The van der Waals surface area contributed by atoms with Gasteiger partial charge in [0.2, 0.25) is 0 Å². The van der Waals surface area contributed by atoms with Gasteiger partial charge in [-0.1, -0.05) is 46.3 Å². The van der Waals surface area contributed by atoms with Gasteiger partial charge < -0.3 is 10.6 Å². The van der Waals surface area contributed by atoms with Gasteiger partial charge in [-0.15, -0.1) is 0 Å². The highest BCUT2D eigenvalue weighted by Crippen LogP contribution is 2.43. The van der Waals surface area contributed by atoms with Crippen molar-refractivity contribution in [1.82, 2.24) is 4.90 Å². The molecule has 1 fully saturated rings. The summed E-state index contributed by atoms with van der Waals surface area (Å²) in [5, 5.41) is 7.69. The Bertz CT molecular complexity index is 793. The summed E-state index contributed by atoms with van der Waals surface area (Å²) in [7, 11) is 0. The third-order valence-electron chi connectivity index (χ3n) is 5.85. The maximum Gasteiger partial charge on any atom is 0.188 e. The molecule has 4 heteroatoms. The van der Waals surface area contributed by atoms with E-state index in [-0.39, 0.29) is 5.96 Å². The SMILES string of the molecule is N=C(N)N1CCC(C2c3ccccc3CCc3ccc(Br)cc32)CC1. The molecule has 1 saturated heterocycles. The van der Waals surface area contributed by atoms with Crippen LogP contribution in [0.25, 0.3) is 0 Å². The summed E-state index contributed by atoms with van der Waals surface area (Å²) in [5.74, 6) is 1.26. The van der Waals surface area contributed by atoms with Crippen molar-refractivity contribution < 1.29 is 0 Å². The molecule has 0 bridgehead atoms. The molecule has 0 aromatic heterocycles. The average Bonchev–Trinajstić information content (AvgIpc) is 2.78. The van der Waals surface area contributed by atoms with Crippen molar-refractivity contribution in [2.45, 2.75) is 31.6 Å². The van der Waals surface area contributed by atoms with Crippen molar-refractivity contribution in [2.24, 2.45) is 11.7 Å². The lowest BCUT2D eigenvalue weighted by Gasteiger charge is -2.37. The Hall–Kier alpha value is -1.81. The Morgan fingerprint density at radius 3 is 2.40 bits per heavy atom. The fourth-order valence-corrected chi connectivity index (χ4v) is 4.95.